The van der Waals surface area contributed by atoms with Crippen molar-refractivity contribution >= 4 is 0 Å². The third-order valence-corrected chi connectivity index (χ3v) is 7.94. The van der Waals surface area contributed by atoms with Crippen LogP contribution in [0.1, 0.15) is 123 Å². The van der Waals surface area contributed by atoms with Crippen LogP contribution in [-0.2, 0) is 16.5 Å². The van der Waals surface area contributed by atoms with Crippen LogP contribution in [-0.4, -0.2) is 15.2 Å². The number of hydrogen-bond donors (Lipinski definition) is 2. The molecule has 5 rings (SSSR count). The lowest BCUT2D eigenvalue weighted by Crippen LogP contribution is -2.35. The second-order valence-corrected chi connectivity index (χ2v) is 11.2. The Morgan fingerprint density at radius 1 is 1.03 bits per heavy atom. The summed E-state index contributed by atoms with van der Waals surface area (Å²) in [5.41, 5.74) is 2.56. The SMILES string of the molecule is CC(C)c1nc2c(c3c1C(c1ccc(C(F)(F)F)cc1)OC31CCCC1)C(O)CC(C)(C)[C@H]2O. The zero-order chi connectivity index (χ0) is 24.6. The summed E-state index contributed by atoms with van der Waals surface area (Å²) in [4.78, 5) is 4.93. The van der Waals surface area contributed by atoms with Crippen LogP contribution >= 0.6 is 0 Å². The average molecular weight is 476 g/mol. The van der Waals surface area contributed by atoms with Gasteiger partial charge < -0.3 is 14.9 Å². The third kappa shape index (κ3) is 3.50. The molecule has 2 aliphatic carbocycles. The van der Waals surface area contributed by atoms with E-state index < -0.39 is 41.1 Å². The number of halogens is 3. The summed E-state index contributed by atoms with van der Waals surface area (Å²) in [6.45, 7) is 7.91. The molecular weight excluding hydrogens is 443 g/mol. The molecule has 1 aromatic heterocycles. The zero-order valence-corrected chi connectivity index (χ0v) is 20.0. The maximum absolute atomic E-state index is 13.2. The molecule has 7 heteroatoms. The van der Waals surface area contributed by atoms with Gasteiger partial charge in [-0.25, -0.2) is 0 Å². The number of fused-ring (bicyclic) bond motifs is 4. The third-order valence-electron chi connectivity index (χ3n) is 7.94. The van der Waals surface area contributed by atoms with Gasteiger partial charge in [-0.1, -0.05) is 52.7 Å². The Balaban J connectivity index is 1.76. The molecule has 2 aromatic rings. The number of hydrogen-bond acceptors (Lipinski definition) is 4. The highest BCUT2D eigenvalue weighted by Gasteiger charge is 2.54. The molecule has 184 valence electrons. The number of rotatable bonds is 2. The number of nitrogens with zero attached hydrogens (tertiary/aromatic N) is 1. The van der Waals surface area contributed by atoms with Crippen LogP contribution in [0.5, 0.6) is 0 Å². The van der Waals surface area contributed by atoms with Gasteiger partial charge in [0.1, 0.15) is 12.2 Å². The van der Waals surface area contributed by atoms with E-state index in [9.17, 15) is 23.4 Å². The number of alkyl halides is 3. The molecule has 1 spiro atoms. The number of aliphatic hydroxyl groups excluding tert-OH is 2. The molecule has 2 heterocycles. The minimum atomic E-state index is -4.41. The molecule has 34 heavy (non-hydrogen) atoms. The number of aromatic nitrogens is 1. The van der Waals surface area contributed by atoms with Gasteiger partial charge >= 0.3 is 6.18 Å². The first-order chi connectivity index (χ1) is 15.9. The van der Waals surface area contributed by atoms with E-state index in [0.717, 1.165) is 54.6 Å². The molecule has 1 aliphatic heterocycles. The van der Waals surface area contributed by atoms with E-state index in [-0.39, 0.29) is 5.92 Å². The molecule has 3 aliphatic rings. The monoisotopic (exact) mass is 475 g/mol. The lowest BCUT2D eigenvalue weighted by Gasteiger charge is -2.41. The van der Waals surface area contributed by atoms with Crippen LogP contribution in [0, 0.1) is 5.41 Å². The Bertz CT molecular complexity index is 1100. The van der Waals surface area contributed by atoms with Crippen molar-refractivity contribution in [2.24, 2.45) is 5.41 Å². The first kappa shape index (κ1) is 23.8. The van der Waals surface area contributed by atoms with Gasteiger partial charge in [0.05, 0.1) is 23.0 Å². The highest BCUT2D eigenvalue weighted by Crippen LogP contribution is 2.60. The summed E-state index contributed by atoms with van der Waals surface area (Å²) in [7, 11) is 0. The predicted octanol–water partition coefficient (Wildman–Crippen LogP) is 6.61. The summed E-state index contributed by atoms with van der Waals surface area (Å²) >= 11 is 0. The minimum absolute atomic E-state index is 0.00512. The van der Waals surface area contributed by atoms with Gasteiger partial charge in [-0.2, -0.15) is 13.2 Å². The Morgan fingerprint density at radius 3 is 2.21 bits per heavy atom. The van der Waals surface area contributed by atoms with Crippen LogP contribution in [0.15, 0.2) is 24.3 Å². The summed E-state index contributed by atoms with van der Waals surface area (Å²) in [5.74, 6) is 0.00512. The Hall–Kier alpha value is -1.96. The number of ether oxygens (including phenoxy) is 1. The molecule has 2 unspecified atom stereocenters. The maximum atomic E-state index is 13.2. The van der Waals surface area contributed by atoms with Gasteiger partial charge in [-0.05, 0) is 53.9 Å². The van der Waals surface area contributed by atoms with Crippen LogP contribution in [0.3, 0.4) is 0 Å². The normalized spacial score (nSPS) is 27.3. The zero-order valence-electron chi connectivity index (χ0n) is 20.0. The van der Waals surface area contributed by atoms with E-state index in [0.29, 0.717) is 23.2 Å². The number of aliphatic hydroxyl groups is 2. The van der Waals surface area contributed by atoms with E-state index in [1.54, 1.807) is 0 Å². The smallest absolute Gasteiger partial charge is 0.388 e. The standard InChI is InChI=1S/C27H32F3NO3/c1-14(2)21-19-20(18-17(32)13-25(3,4)24(33)22(18)31-21)26(11-5-6-12-26)34-23(19)15-7-9-16(10-8-15)27(28,29)30/h7-10,14,17,23-24,32-33H,5-6,11-13H2,1-4H3/t17?,23?,24-/m0/s1. The van der Waals surface area contributed by atoms with Gasteiger partial charge in [-0.15, -0.1) is 0 Å². The fourth-order valence-corrected chi connectivity index (χ4v) is 6.21. The molecule has 1 fully saturated rings. The highest BCUT2D eigenvalue weighted by atomic mass is 19.4. The van der Waals surface area contributed by atoms with Crippen LogP contribution < -0.4 is 0 Å². The Kier molecular flexibility index (Phi) is 5.43. The van der Waals surface area contributed by atoms with Crippen molar-refractivity contribution in [1.82, 2.24) is 4.98 Å². The minimum Gasteiger partial charge on any atom is -0.388 e. The summed E-state index contributed by atoms with van der Waals surface area (Å²) < 4.78 is 46.3. The van der Waals surface area contributed by atoms with Gasteiger partial charge in [0.25, 0.3) is 0 Å². The molecule has 1 aromatic carbocycles. The van der Waals surface area contributed by atoms with Gasteiger partial charge in [-0.3, -0.25) is 4.98 Å². The summed E-state index contributed by atoms with van der Waals surface area (Å²) in [6.07, 6.45) is -2.69. The van der Waals surface area contributed by atoms with Crippen LogP contribution in [0.25, 0.3) is 0 Å². The Morgan fingerprint density at radius 2 is 1.65 bits per heavy atom. The lowest BCUT2D eigenvalue weighted by molar-refractivity contribution is -0.137. The van der Waals surface area contributed by atoms with Crippen molar-refractivity contribution in [2.45, 2.75) is 95.8 Å². The first-order valence-corrected chi connectivity index (χ1v) is 12.1. The molecule has 3 atom stereocenters. The molecule has 0 saturated heterocycles. The van der Waals surface area contributed by atoms with E-state index in [1.165, 1.54) is 12.1 Å². The second kappa shape index (κ2) is 7.77. The van der Waals surface area contributed by atoms with E-state index >= 15 is 0 Å². The molecular formula is C27H32F3NO3. The van der Waals surface area contributed by atoms with E-state index in [1.807, 2.05) is 27.7 Å². The lowest BCUT2D eigenvalue weighted by atomic mass is 9.69. The van der Waals surface area contributed by atoms with Crippen molar-refractivity contribution in [3.05, 3.63) is 63.5 Å². The topological polar surface area (TPSA) is 62.6 Å². The quantitative estimate of drug-likeness (QED) is 0.513. The summed E-state index contributed by atoms with van der Waals surface area (Å²) in [6, 6.07) is 5.17. The molecule has 1 saturated carbocycles. The van der Waals surface area contributed by atoms with Crippen LogP contribution in [0.4, 0.5) is 13.2 Å². The van der Waals surface area contributed by atoms with Crippen molar-refractivity contribution in [3.8, 4) is 0 Å². The van der Waals surface area contributed by atoms with Gasteiger partial charge in [0, 0.05) is 16.8 Å². The predicted molar refractivity (Wildman–Crippen MR) is 121 cm³/mol. The fraction of sp³-hybridized carbons (Fsp3) is 0.593. The van der Waals surface area contributed by atoms with Crippen LogP contribution in [0.2, 0.25) is 0 Å². The molecule has 0 amide bonds. The first-order valence-electron chi connectivity index (χ1n) is 12.1. The van der Waals surface area contributed by atoms with Gasteiger partial charge in [0.15, 0.2) is 0 Å². The highest BCUT2D eigenvalue weighted by molar-refractivity contribution is 5.55. The molecule has 0 bridgehead atoms. The van der Waals surface area contributed by atoms with Crippen molar-refractivity contribution < 1.29 is 28.1 Å². The van der Waals surface area contributed by atoms with Crippen molar-refractivity contribution in [1.29, 1.82) is 0 Å². The van der Waals surface area contributed by atoms with E-state index in [2.05, 4.69) is 0 Å². The molecule has 4 nitrogen and oxygen atoms in total. The molecule has 2 N–H and O–H groups in total. The Labute approximate surface area is 198 Å². The molecule has 0 radical (unpaired) electrons. The van der Waals surface area contributed by atoms with Crippen molar-refractivity contribution in [2.75, 3.05) is 0 Å². The number of pyridine rings is 1. The summed E-state index contributed by atoms with van der Waals surface area (Å²) in [5, 5.41) is 22.5. The average Bonchev–Trinajstić information content (AvgIpc) is 3.36. The largest absolute Gasteiger partial charge is 0.416 e. The second-order valence-electron chi connectivity index (χ2n) is 11.2. The van der Waals surface area contributed by atoms with E-state index in [4.69, 9.17) is 9.72 Å². The fourth-order valence-electron chi connectivity index (χ4n) is 6.21. The van der Waals surface area contributed by atoms with Crippen molar-refractivity contribution in [3.63, 3.8) is 0 Å². The maximum Gasteiger partial charge on any atom is 0.416 e. The number of benzene rings is 1. The van der Waals surface area contributed by atoms with Gasteiger partial charge in [0.2, 0.25) is 0 Å².